The second kappa shape index (κ2) is 55.7. The Balaban J connectivity index is 4.56. The number of allylic oxidation sites excluding steroid dienone is 8. The van der Waals surface area contributed by atoms with Crippen LogP contribution in [0.2, 0.25) is 0 Å². The zero-order valence-corrected chi connectivity index (χ0v) is 45.5. The molecule has 0 aliphatic carbocycles. The van der Waals surface area contributed by atoms with Crippen molar-refractivity contribution >= 4 is 11.9 Å². The topological polar surface area (TPSA) is 95.9 Å². The Bertz CT molecular complexity index is 1160. The van der Waals surface area contributed by atoms with Crippen LogP contribution in [0.1, 0.15) is 310 Å². The first-order valence-electron chi connectivity index (χ1n) is 29.9. The molecule has 0 aliphatic rings. The number of nitrogens with one attached hydrogen (secondary N) is 1. The number of aliphatic hydroxyl groups excluding tert-OH is 2. The van der Waals surface area contributed by atoms with Gasteiger partial charge in [-0.25, -0.2) is 0 Å². The number of esters is 1. The quantitative estimate of drug-likeness (QED) is 0.0244. The standard InChI is InChI=1S/C62H115NO5/c1-4-7-10-13-16-19-22-25-28-30-33-35-38-41-44-47-50-53-58(68-62(67)55-52-49-46-43-40-37-32-27-24-21-18-15-12-9-6-3)56-61(66)63-59(57-64)60(65)54-51-48-45-42-39-36-34-31-29-26-23-20-17-14-11-8-5-2/h16,18-19,21,24-25,27-28,58-60,64-65H,4-15,17,20,22-23,26,29-57H2,1-3H3,(H,63,66)/b19-16-,21-18+,27-24+,28-25-. The molecule has 0 spiro atoms. The summed E-state index contributed by atoms with van der Waals surface area (Å²) in [6.45, 7) is 6.46. The van der Waals surface area contributed by atoms with E-state index in [0.29, 0.717) is 19.3 Å². The molecule has 0 aromatic heterocycles. The molecule has 0 fully saturated rings. The molecule has 0 aromatic carbocycles. The minimum absolute atomic E-state index is 0.0688. The van der Waals surface area contributed by atoms with E-state index in [2.05, 4.69) is 74.7 Å². The molecule has 0 rings (SSSR count). The number of hydrogen-bond donors (Lipinski definition) is 3. The lowest BCUT2D eigenvalue weighted by molar-refractivity contribution is -0.151. The summed E-state index contributed by atoms with van der Waals surface area (Å²) in [7, 11) is 0. The predicted octanol–water partition coefficient (Wildman–Crippen LogP) is 18.6. The van der Waals surface area contributed by atoms with Crippen molar-refractivity contribution < 1.29 is 24.5 Å². The lowest BCUT2D eigenvalue weighted by Crippen LogP contribution is -2.46. The van der Waals surface area contributed by atoms with Gasteiger partial charge in [0.05, 0.1) is 25.2 Å². The van der Waals surface area contributed by atoms with E-state index in [4.69, 9.17) is 4.74 Å². The summed E-state index contributed by atoms with van der Waals surface area (Å²) in [6.07, 6.45) is 68.9. The summed E-state index contributed by atoms with van der Waals surface area (Å²) >= 11 is 0. The minimum Gasteiger partial charge on any atom is -0.462 e. The Hall–Kier alpha value is -2.18. The molecule has 3 unspecified atom stereocenters. The van der Waals surface area contributed by atoms with E-state index in [-0.39, 0.29) is 24.9 Å². The third kappa shape index (κ3) is 50.2. The van der Waals surface area contributed by atoms with Gasteiger partial charge in [0.25, 0.3) is 0 Å². The summed E-state index contributed by atoms with van der Waals surface area (Å²) in [5.41, 5.74) is 0. The number of unbranched alkanes of at least 4 members (excludes halogenated alkanes) is 35. The van der Waals surface area contributed by atoms with Crippen LogP contribution < -0.4 is 5.32 Å². The summed E-state index contributed by atoms with van der Waals surface area (Å²) in [4.78, 5) is 26.3. The van der Waals surface area contributed by atoms with Gasteiger partial charge in [-0.1, -0.05) is 262 Å². The van der Waals surface area contributed by atoms with E-state index in [1.807, 2.05) is 0 Å². The summed E-state index contributed by atoms with van der Waals surface area (Å²) < 4.78 is 5.96. The average Bonchev–Trinajstić information content (AvgIpc) is 3.33. The number of amides is 1. The fraction of sp³-hybridized carbons (Fsp3) is 0.839. The van der Waals surface area contributed by atoms with Crippen LogP contribution in [0.3, 0.4) is 0 Å². The van der Waals surface area contributed by atoms with Crippen LogP contribution in [0.25, 0.3) is 0 Å². The first kappa shape index (κ1) is 65.8. The third-order valence-corrected chi connectivity index (χ3v) is 13.7. The van der Waals surface area contributed by atoms with Gasteiger partial charge in [0.15, 0.2) is 0 Å². The number of hydrogen-bond acceptors (Lipinski definition) is 5. The normalized spacial score (nSPS) is 13.4. The van der Waals surface area contributed by atoms with Crippen LogP contribution in [0.15, 0.2) is 48.6 Å². The monoisotopic (exact) mass is 954 g/mol. The van der Waals surface area contributed by atoms with Crippen molar-refractivity contribution in [2.45, 2.75) is 328 Å². The van der Waals surface area contributed by atoms with Gasteiger partial charge < -0.3 is 20.3 Å². The van der Waals surface area contributed by atoms with E-state index in [9.17, 15) is 19.8 Å². The SMILES string of the molecule is CCCCC/C=C\C/C=C\CCCCCCCCCC(CC(=O)NC(CO)C(O)CCCCCCCCCCCCCCCCCCC)OC(=O)CCCCCCCC/C=C/C=C/CCCCC. The third-order valence-electron chi connectivity index (χ3n) is 13.7. The maximum atomic E-state index is 13.3. The molecule has 0 aromatic rings. The molecule has 68 heavy (non-hydrogen) atoms. The number of aliphatic hydroxyl groups is 2. The molecule has 0 bridgehead atoms. The van der Waals surface area contributed by atoms with E-state index >= 15 is 0 Å². The Morgan fingerprint density at radius 1 is 0.441 bits per heavy atom. The van der Waals surface area contributed by atoms with E-state index in [0.717, 1.165) is 70.6 Å². The van der Waals surface area contributed by atoms with Crippen molar-refractivity contribution in [3.8, 4) is 0 Å². The fourth-order valence-corrected chi connectivity index (χ4v) is 9.10. The number of ether oxygens (including phenoxy) is 1. The zero-order valence-electron chi connectivity index (χ0n) is 45.5. The Kier molecular flexibility index (Phi) is 54.0. The molecule has 6 heteroatoms. The van der Waals surface area contributed by atoms with Gasteiger partial charge >= 0.3 is 5.97 Å². The Morgan fingerprint density at radius 2 is 0.794 bits per heavy atom. The van der Waals surface area contributed by atoms with Gasteiger partial charge in [-0.15, -0.1) is 0 Å². The van der Waals surface area contributed by atoms with Crippen LogP contribution in [0, 0.1) is 0 Å². The van der Waals surface area contributed by atoms with Gasteiger partial charge in [-0.05, 0) is 83.5 Å². The second-order valence-corrected chi connectivity index (χ2v) is 20.4. The molecule has 0 heterocycles. The van der Waals surface area contributed by atoms with E-state index in [1.165, 1.54) is 193 Å². The molecule has 398 valence electrons. The minimum atomic E-state index is -0.793. The molecule has 3 atom stereocenters. The van der Waals surface area contributed by atoms with Gasteiger partial charge in [0.1, 0.15) is 6.10 Å². The molecule has 0 radical (unpaired) electrons. The van der Waals surface area contributed by atoms with E-state index < -0.39 is 18.2 Å². The first-order valence-corrected chi connectivity index (χ1v) is 29.9. The highest BCUT2D eigenvalue weighted by Crippen LogP contribution is 2.19. The summed E-state index contributed by atoms with van der Waals surface area (Å²) in [5.74, 6) is -0.483. The molecular formula is C62H115NO5. The largest absolute Gasteiger partial charge is 0.462 e. The van der Waals surface area contributed by atoms with Gasteiger partial charge in [-0.3, -0.25) is 9.59 Å². The molecule has 3 N–H and O–H groups in total. The number of carbonyl (C=O) groups is 2. The molecule has 6 nitrogen and oxygen atoms in total. The summed E-state index contributed by atoms with van der Waals surface area (Å²) in [5, 5.41) is 23.9. The number of carbonyl (C=O) groups excluding carboxylic acids is 2. The first-order chi connectivity index (χ1) is 33.5. The van der Waals surface area contributed by atoms with Gasteiger partial charge in [0, 0.05) is 6.42 Å². The van der Waals surface area contributed by atoms with Crippen LogP contribution in [0.5, 0.6) is 0 Å². The highest BCUT2D eigenvalue weighted by Gasteiger charge is 2.24. The van der Waals surface area contributed by atoms with E-state index in [1.54, 1.807) is 0 Å². The lowest BCUT2D eigenvalue weighted by atomic mass is 10.0. The van der Waals surface area contributed by atoms with Crippen LogP contribution >= 0.6 is 0 Å². The van der Waals surface area contributed by atoms with Crippen molar-refractivity contribution in [2.24, 2.45) is 0 Å². The molecular weight excluding hydrogens is 839 g/mol. The van der Waals surface area contributed by atoms with Crippen LogP contribution in [-0.2, 0) is 14.3 Å². The highest BCUT2D eigenvalue weighted by molar-refractivity contribution is 5.77. The van der Waals surface area contributed by atoms with Crippen molar-refractivity contribution in [3.63, 3.8) is 0 Å². The van der Waals surface area contributed by atoms with Crippen molar-refractivity contribution in [1.82, 2.24) is 5.32 Å². The molecule has 0 aliphatic heterocycles. The van der Waals surface area contributed by atoms with Crippen molar-refractivity contribution in [3.05, 3.63) is 48.6 Å². The van der Waals surface area contributed by atoms with Crippen LogP contribution in [0.4, 0.5) is 0 Å². The Morgan fingerprint density at radius 3 is 1.24 bits per heavy atom. The maximum Gasteiger partial charge on any atom is 0.306 e. The van der Waals surface area contributed by atoms with Gasteiger partial charge in [-0.2, -0.15) is 0 Å². The highest BCUT2D eigenvalue weighted by atomic mass is 16.5. The summed E-state index contributed by atoms with van der Waals surface area (Å²) in [6, 6.07) is -0.708. The zero-order chi connectivity index (χ0) is 49.5. The molecule has 1 amide bonds. The Labute approximate surface area is 423 Å². The molecule has 0 saturated heterocycles. The lowest BCUT2D eigenvalue weighted by Gasteiger charge is -2.24. The fourth-order valence-electron chi connectivity index (χ4n) is 9.10. The molecule has 0 saturated carbocycles. The average molecular weight is 955 g/mol. The second-order valence-electron chi connectivity index (χ2n) is 20.4. The van der Waals surface area contributed by atoms with Crippen LogP contribution in [-0.4, -0.2) is 46.9 Å². The predicted molar refractivity (Wildman–Crippen MR) is 296 cm³/mol. The van der Waals surface area contributed by atoms with Crippen molar-refractivity contribution in [2.75, 3.05) is 6.61 Å². The maximum absolute atomic E-state index is 13.3. The van der Waals surface area contributed by atoms with Crippen molar-refractivity contribution in [1.29, 1.82) is 0 Å². The van der Waals surface area contributed by atoms with Gasteiger partial charge in [0.2, 0.25) is 5.91 Å². The number of rotatable bonds is 54. The smallest absolute Gasteiger partial charge is 0.306 e.